The van der Waals surface area contributed by atoms with Crippen molar-refractivity contribution in [2.75, 3.05) is 6.54 Å². The standard InChI is InChI=1S/C28H43BN6O6/c1-17(2)14-23(29-40-22-16-19-15-21(27(19,3)4)28(22,5)41-29)32-25(37)20(31-24(36)18-10-7-6-8-11-18)12-9-13-30-26-33-34(26)35(38)39/h6-8,10-11,17,19-23,26,30,33H,9,12-16H2,1-5H3,(H,31,36)(H,32,37)/t19-,20-,21-,22+,23-,26?,28-,34?/m0/s1. The molecule has 2 bridgehead atoms. The molecule has 3 aliphatic carbocycles. The number of nitro groups is 1. The van der Waals surface area contributed by atoms with Gasteiger partial charge in [-0.25, -0.2) is 10.1 Å². The Morgan fingerprint density at radius 3 is 2.56 bits per heavy atom. The summed E-state index contributed by atoms with van der Waals surface area (Å²) in [6, 6.07) is 7.98. The Balaban J connectivity index is 1.25. The summed E-state index contributed by atoms with van der Waals surface area (Å²) in [5.41, 5.74) is 2.89. The molecule has 0 spiro atoms. The van der Waals surface area contributed by atoms with Crippen molar-refractivity contribution in [2.24, 2.45) is 23.2 Å². The van der Waals surface area contributed by atoms with Gasteiger partial charge in [-0.15, -0.1) is 5.43 Å². The van der Waals surface area contributed by atoms with E-state index >= 15 is 0 Å². The van der Waals surface area contributed by atoms with Gasteiger partial charge in [-0.05, 0) is 86.0 Å². The number of benzene rings is 1. The molecule has 7 atom stereocenters. The van der Waals surface area contributed by atoms with E-state index in [4.69, 9.17) is 9.31 Å². The van der Waals surface area contributed by atoms with Gasteiger partial charge in [-0.3, -0.25) is 14.9 Å². The number of hydrogen-bond donors (Lipinski definition) is 4. The predicted octanol–water partition coefficient (Wildman–Crippen LogP) is 2.25. The van der Waals surface area contributed by atoms with E-state index in [1.54, 1.807) is 24.3 Å². The van der Waals surface area contributed by atoms with Gasteiger partial charge in [-0.2, -0.15) is 0 Å². The maximum absolute atomic E-state index is 13.7. The van der Waals surface area contributed by atoms with Gasteiger partial charge in [0.25, 0.3) is 5.91 Å². The fraction of sp³-hybridized carbons (Fsp3) is 0.714. The molecule has 2 aliphatic heterocycles. The van der Waals surface area contributed by atoms with Crippen molar-refractivity contribution in [3.63, 3.8) is 0 Å². The van der Waals surface area contributed by atoms with Crippen molar-refractivity contribution >= 4 is 18.9 Å². The molecule has 1 aromatic carbocycles. The number of rotatable bonds is 13. The van der Waals surface area contributed by atoms with Gasteiger partial charge in [-0.1, -0.05) is 45.9 Å². The third-order valence-electron chi connectivity index (χ3n) is 9.62. The zero-order valence-electron chi connectivity index (χ0n) is 24.6. The summed E-state index contributed by atoms with van der Waals surface area (Å²) < 4.78 is 13.2. The molecule has 4 N–H and O–H groups in total. The molecule has 12 nitrogen and oxygen atoms in total. The van der Waals surface area contributed by atoms with Crippen LogP contribution in [0.2, 0.25) is 0 Å². The lowest BCUT2D eigenvalue weighted by Gasteiger charge is -2.64. The highest BCUT2D eigenvalue weighted by molar-refractivity contribution is 6.48. The largest absolute Gasteiger partial charge is 0.481 e. The van der Waals surface area contributed by atoms with E-state index in [-0.39, 0.29) is 40.8 Å². The SMILES string of the molecule is CC(C)C[C@H](NC(=O)[C@H](CCCNC1NN1[N+](=O)[O-])NC(=O)c1ccccc1)B1O[C@@H]2C[C@@H]3C[C@@H](C3(C)C)[C@]2(C)O1. The average Bonchev–Trinajstić information content (AvgIpc) is 3.61. The fourth-order valence-corrected chi connectivity index (χ4v) is 7.11. The van der Waals surface area contributed by atoms with Crippen molar-refractivity contribution < 1.29 is 23.9 Å². The third kappa shape index (κ3) is 6.09. The smallest absolute Gasteiger partial charge is 0.404 e. The number of hydrogen-bond acceptors (Lipinski definition) is 8. The van der Waals surface area contributed by atoms with Crippen molar-refractivity contribution in [1.82, 2.24) is 26.5 Å². The molecule has 6 rings (SSSR count). The second kappa shape index (κ2) is 11.5. The number of carbonyl (C=O) groups excluding carboxylic acids is 2. The summed E-state index contributed by atoms with van der Waals surface area (Å²) in [5.74, 6) is 0.316. The Labute approximate surface area is 241 Å². The molecular formula is C28H43BN6O6. The highest BCUT2D eigenvalue weighted by Gasteiger charge is 2.68. The number of carbonyl (C=O) groups is 2. The van der Waals surface area contributed by atoms with Gasteiger partial charge < -0.3 is 19.9 Å². The van der Waals surface area contributed by atoms with E-state index in [0.717, 1.165) is 18.0 Å². The number of nitrogens with one attached hydrogen (secondary N) is 4. The number of hydrazine groups is 2. The zero-order chi connectivity index (χ0) is 29.5. The minimum atomic E-state index is -0.802. The predicted molar refractivity (Wildman–Crippen MR) is 152 cm³/mol. The van der Waals surface area contributed by atoms with Crippen molar-refractivity contribution in [2.45, 2.75) is 96.7 Å². The quantitative estimate of drug-likeness (QED) is 0.0918. The lowest BCUT2D eigenvalue weighted by Crippen LogP contribution is -2.65. The van der Waals surface area contributed by atoms with Gasteiger partial charge in [0.15, 0.2) is 5.03 Å². The summed E-state index contributed by atoms with van der Waals surface area (Å²) in [4.78, 5) is 37.6. The van der Waals surface area contributed by atoms with E-state index in [1.165, 1.54) is 0 Å². The molecule has 5 aliphatic rings. The van der Waals surface area contributed by atoms with Crippen LogP contribution >= 0.6 is 0 Å². The van der Waals surface area contributed by atoms with E-state index < -0.39 is 24.5 Å². The van der Waals surface area contributed by atoms with Crippen molar-refractivity contribution in [1.29, 1.82) is 0 Å². The highest BCUT2D eigenvalue weighted by atomic mass is 16.7. The van der Waals surface area contributed by atoms with Crippen LogP contribution in [0.1, 0.15) is 77.1 Å². The second-order valence-corrected chi connectivity index (χ2v) is 13.2. The molecular weight excluding hydrogens is 527 g/mol. The molecule has 0 aromatic heterocycles. The molecule has 3 saturated carbocycles. The second-order valence-electron chi connectivity index (χ2n) is 13.2. The van der Waals surface area contributed by atoms with Crippen LogP contribution in [0, 0.1) is 33.3 Å². The van der Waals surface area contributed by atoms with Crippen LogP contribution in [0.3, 0.4) is 0 Å². The normalized spacial score (nSPS) is 30.7. The molecule has 1 aromatic rings. The minimum absolute atomic E-state index is 0.00487. The average molecular weight is 571 g/mol. The molecule has 2 heterocycles. The first-order valence-corrected chi connectivity index (χ1v) is 14.8. The van der Waals surface area contributed by atoms with Crippen LogP contribution in [0.25, 0.3) is 0 Å². The van der Waals surface area contributed by atoms with Crippen molar-refractivity contribution in [3.05, 3.63) is 46.0 Å². The van der Waals surface area contributed by atoms with Crippen LogP contribution in [0.4, 0.5) is 0 Å². The van der Waals surface area contributed by atoms with Gasteiger partial charge in [0.2, 0.25) is 12.2 Å². The van der Waals surface area contributed by atoms with E-state index in [1.807, 2.05) is 6.07 Å². The molecule has 2 amide bonds. The Morgan fingerprint density at radius 1 is 1.20 bits per heavy atom. The molecule has 5 fully saturated rings. The molecule has 224 valence electrons. The maximum atomic E-state index is 13.7. The Morgan fingerprint density at radius 2 is 1.93 bits per heavy atom. The summed E-state index contributed by atoms with van der Waals surface area (Å²) in [5, 5.41) is 20.2. The van der Waals surface area contributed by atoms with E-state index in [0.29, 0.717) is 43.2 Å². The van der Waals surface area contributed by atoms with E-state index in [9.17, 15) is 19.7 Å². The first-order chi connectivity index (χ1) is 19.4. The van der Waals surface area contributed by atoms with Crippen LogP contribution in [0.5, 0.6) is 0 Å². The Bertz CT molecular complexity index is 1140. The van der Waals surface area contributed by atoms with E-state index in [2.05, 4.69) is 56.0 Å². The number of nitrogens with zero attached hydrogens (tertiary/aromatic N) is 2. The molecule has 0 radical (unpaired) electrons. The van der Waals surface area contributed by atoms with Crippen LogP contribution < -0.4 is 21.4 Å². The third-order valence-corrected chi connectivity index (χ3v) is 9.62. The first-order valence-electron chi connectivity index (χ1n) is 14.8. The monoisotopic (exact) mass is 570 g/mol. The Hall–Kier alpha value is -2.74. The van der Waals surface area contributed by atoms with Crippen LogP contribution in [-0.2, 0) is 14.1 Å². The van der Waals surface area contributed by atoms with Crippen LogP contribution in [-0.4, -0.2) is 65.6 Å². The Kier molecular flexibility index (Phi) is 8.35. The lowest BCUT2D eigenvalue weighted by atomic mass is 9.43. The molecule has 41 heavy (non-hydrogen) atoms. The summed E-state index contributed by atoms with van der Waals surface area (Å²) in [7, 11) is -0.562. The van der Waals surface area contributed by atoms with Crippen LogP contribution in [0.15, 0.2) is 30.3 Å². The molecule has 13 heteroatoms. The summed E-state index contributed by atoms with van der Waals surface area (Å²) >= 11 is 0. The molecule has 1 unspecified atom stereocenters. The fourth-order valence-electron chi connectivity index (χ4n) is 7.11. The number of amides is 2. The van der Waals surface area contributed by atoms with Gasteiger partial charge in [0.05, 0.1) is 17.6 Å². The van der Waals surface area contributed by atoms with Gasteiger partial charge >= 0.3 is 7.12 Å². The summed E-state index contributed by atoms with van der Waals surface area (Å²) in [6.07, 6.45) is 3.11. The summed E-state index contributed by atoms with van der Waals surface area (Å²) in [6.45, 7) is 11.4. The minimum Gasteiger partial charge on any atom is -0.404 e. The highest BCUT2D eigenvalue weighted by Crippen LogP contribution is 2.65. The first kappa shape index (κ1) is 29.7. The van der Waals surface area contributed by atoms with Gasteiger partial charge in [0, 0.05) is 5.56 Å². The van der Waals surface area contributed by atoms with Gasteiger partial charge in [0.1, 0.15) is 6.04 Å². The zero-order valence-corrected chi connectivity index (χ0v) is 24.6. The maximum Gasteiger partial charge on any atom is 0.481 e. The topological polar surface area (TPSA) is 157 Å². The lowest BCUT2D eigenvalue weighted by molar-refractivity contribution is -0.627. The van der Waals surface area contributed by atoms with Crippen molar-refractivity contribution in [3.8, 4) is 0 Å². The molecule has 2 saturated heterocycles.